The molecule has 0 aromatic rings. The molecule has 0 aromatic heterocycles. The number of likely N-dealkylation sites (tertiary alicyclic amines) is 1. The smallest absolute Gasteiger partial charge is 0.0624 e. The van der Waals surface area contributed by atoms with Gasteiger partial charge >= 0.3 is 0 Å². The zero-order valence-corrected chi connectivity index (χ0v) is 5.80. The second kappa shape index (κ2) is 2.25. The molecule has 1 atom stereocenters. The van der Waals surface area contributed by atoms with Crippen LogP contribution in [-0.4, -0.2) is 42.3 Å². The van der Waals surface area contributed by atoms with E-state index in [2.05, 4.69) is 4.90 Å². The first-order valence-electron chi connectivity index (χ1n) is 3.25. The van der Waals surface area contributed by atoms with Crippen molar-refractivity contribution >= 4 is 0 Å². The Kier molecular flexibility index (Phi) is 1.75. The minimum absolute atomic E-state index is 0.108. The van der Waals surface area contributed by atoms with E-state index in [-0.39, 0.29) is 12.1 Å². The maximum absolute atomic E-state index is 8.79. The van der Waals surface area contributed by atoms with Gasteiger partial charge in [0.15, 0.2) is 0 Å². The van der Waals surface area contributed by atoms with Crippen molar-refractivity contribution < 1.29 is 5.11 Å². The molecule has 0 amide bonds. The number of likely N-dealkylation sites (N-methyl/N-ethyl adjacent to an activating group) is 1. The van der Waals surface area contributed by atoms with Crippen molar-refractivity contribution in [1.82, 2.24) is 4.90 Å². The van der Waals surface area contributed by atoms with Gasteiger partial charge in [-0.3, -0.25) is 0 Å². The Hall–Kier alpha value is -0.120. The number of nitrogens with two attached hydrogens (primary N) is 1. The predicted molar refractivity (Wildman–Crippen MR) is 36.1 cm³/mol. The maximum Gasteiger partial charge on any atom is 0.0624 e. The van der Waals surface area contributed by atoms with Crippen LogP contribution in [0.1, 0.15) is 6.42 Å². The fraction of sp³-hybridized carbons (Fsp3) is 1.00. The van der Waals surface area contributed by atoms with Gasteiger partial charge in [-0.1, -0.05) is 0 Å². The van der Waals surface area contributed by atoms with Crippen molar-refractivity contribution in [3.8, 4) is 0 Å². The van der Waals surface area contributed by atoms with Crippen LogP contribution in [0.15, 0.2) is 0 Å². The summed E-state index contributed by atoms with van der Waals surface area (Å²) >= 11 is 0. The molecule has 3 heteroatoms. The lowest BCUT2D eigenvalue weighted by Crippen LogP contribution is -2.45. The summed E-state index contributed by atoms with van der Waals surface area (Å²) in [5.41, 5.74) is 5.45. The van der Waals surface area contributed by atoms with Gasteiger partial charge in [0.1, 0.15) is 0 Å². The molecule has 1 unspecified atom stereocenters. The van der Waals surface area contributed by atoms with Gasteiger partial charge in [-0.2, -0.15) is 0 Å². The second-order valence-corrected chi connectivity index (χ2v) is 3.01. The highest BCUT2D eigenvalue weighted by atomic mass is 16.3. The predicted octanol–water partition coefficient (Wildman–Crippen LogP) is -0.988. The fourth-order valence-corrected chi connectivity index (χ4v) is 1.24. The third kappa shape index (κ3) is 1.41. The zero-order chi connectivity index (χ0) is 6.91. The van der Waals surface area contributed by atoms with Gasteiger partial charge < -0.3 is 15.7 Å². The average molecular weight is 130 g/mol. The third-order valence-corrected chi connectivity index (χ3v) is 1.89. The molecule has 1 rings (SSSR count). The Morgan fingerprint density at radius 3 is 2.67 bits per heavy atom. The van der Waals surface area contributed by atoms with E-state index >= 15 is 0 Å². The number of rotatable bonds is 1. The number of aliphatic hydroxyl groups is 1. The third-order valence-electron chi connectivity index (χ3n) is 1.89. The topological polar surface area (TPSA) is 49.5 Å². The summed E-state index contributed by atoms with van der Waals surface area (Å²) in [5, 5.41) is 8.79. The van der Waals surface area contributed by atoms with E-state index in [1.54, 1.807) is 0 Å². The van der Waals surface area contributed by atoms with E-state index in [9.17, 15) is 0 Å². The minimum atomic E-state index is -0.311. The molecule has 1 aliphatic heterocycles. The van der Waals surface area contributed by atoms with Crippen LogP contribution in [-0.2, 0) is 0 Å². The maximum atomic E-state index is 8.79. The van der Waals surface area contributed by atoms with Crippen LogP contribution in [0.2, 0.25) is 0 Å². The Labute approximate surface area is 55.5 Å². The lowest BCUT2D eigenvalue weighted by atomic mass is 10.0. The van der Waals surface area contributed by atoms with Crippen LogP contribution >= 0.6 is 0 Å². The number of hydrogen-bond donors (Lipinski definition) is 2. The van der Waals surface area contributed by atoms with E-state index in [4.69, 9.17) is 10.8 Å². The molecule has 0 spiro atoms. The normalized spacial score (nSPS) is 37.7. The Morgan fingerprint density at radius 2 is 2.44 bits per heavy atom. The first-order chi connectivity index (χ1) is 4.16. The minimum Gasteiger partial charge on any atom is -0.394 e. The quantitative estimate of drug-likeness (QED) is 0.479. The number of aliphatic hydroxyl groups excluding tert-OH is 1. The summed E-state index contributed by atoms with van der Waals surface area (Å²) in [4.78, 5) is 2.14. The van der Waals surface area contributed by atoms with Crippen LogP contribution in [0.3, 0.4) is 0 Å². The molecule has 1 aliphatic rings. The van der Waals surface area contributed by atoms with E-state index < -0.39 is 0 Å². The van der Waals surface area contributed by atoms with Crippen LogP contribution in [0, 0.1) is 0 Å². The van der Waals surface area contributed by atoms with Crippen LogP contribution in [0.5, 0.6) is 0 Å². The van der Waals surface area contributed by atoms with Gasteiger partial charge in [0.2, 0.25) is 0 Å². The number of hydrogen-bond acceptors (Lipinski definition) is 3. The molecule has 1 fully saturated rings. The Bertz CT molecular complexity index is 107. The van der Waals surface area contributed by atoms with Gasteiger partial charge in [-0.15, -0.1) is 0 Å². The molecule has 0 bridgehead atoms. The number of nitrogens with zero attached hydrogens (tertiary/aromatic N) is 1. The van der Waals surface area contributed by atoms with Crippen molar-refractivity contribution in [2.24, 2.45) is 5.73 Å². The summed E-state index contributed by atoms with van der Waals surface area (Å²) in [6.07, 6.45) is 0.917. The standard InChI is InChI=1S/C6H14N2O/c1-8-3-2-6(7,4-8)5-9/h9H,2-5,7H2,1H3. The van der Waals surface area contributed by atoms with Gasteiger partial charge in [0.05, 0.1) is 12.1 Å². The fourth-order valence-electron chi connectivity index (χ4n) is 1.24. The lowest BCUT2D eigenvalue weighted by Gasteiger charge is -2.19. The van der Waals surface area contributed by atoms with Gasteiger partial charge in [0.25, 0.3) is 0 Å². The first-order valence-corrected chi connectivity index (χ1v) is 3.25. The van der Waals surface area contributed by atoms with Crippen LogP contribution in [0.4, 0.5) is 0 Å². The molecule has 1 saturated heterocycles. The Balaban J connectivity index is 2.45. The molecule has 1 heterocycles. The molecular weight excluding hydrogens is 116 g/mol. The molecule has 54 valence electrons. The lowest BCUT2D eigenvalue weighted by molar-refractivity contribution is 0.198. The largest absolute Gasteiger partial charge is 0.394 e. The molecule has 3 N–H and O–H groups in total. The summed E-state index contributed by atoms with van der Waals surface area (Å²) in [6.45, 7) is 1.94. The van der Waals surface area contributed by atoms with E-state index in [0.717, 1.165) is 19.5 Å². The van der Waals surface area contributed by atoms with Gasteiger partial charge in [0, 0.05) is 6.54 Å². The SMILES string of the molecule is CN1CCC(N)(CO)C1. The summed E-state index contributed by atoms with van der Waals surface area (Å²) in [7, 11) is 2.02. The molecule has 9 heavy (non-hydrogen) atoms. The molecule has 0 saturated carbocycles. The molecule has 0 aliphatic carbocycles. The van der Waals surface area contributed by atoms with Crippen molar-refractivity contribution in [2.45, 2.75) is 12.0 Å². The van der Waals surface area contributed by atoms with Crippen molar-refractivity contribution in [1.29, 1.82) is 0 Å². The molecule has 0 radical (unpaired) electrons. The average Bonchev–Trinajstić information content (AvgIpc) is 2.13. The van der Waals surface area contributed by atoms with Crippen molar-refractivity contribution in [3.05, 3.63) is 0 Å². The Morgan fingerprint density at radius 1 is 1.78 bits per heavy atom. The highest BCUT2D eigenvalue weighted by Crippen LogP contribution is 2.15. The van der Waals surface area contributed by atoms with Gasteiger partial charge in [-0.25, -0.2) is 0 Å². The van der Waals surface area contributed by atoms with Gasteiger partial charge in [-0.05, 0) is 20.0 Å². The van der Waals surface area contributed by atoms with Crippen LogP contribution in [0.25, 0.3) is 0 Å². The monoisotopic (exact) mass is 130 g/mol. The van der Waals surface area contributed by atoms with Crippen LogP contribution < -0.4 is 5.73 Å². The summed E-state index contributed by atoms with van der Waals surface area (Å²) < 4.78 is 0. The first kappa shape index (κ1) is 6.99. The van der Waals surface area contributed by atoms with Crippen molar-refractivity contribution in [3.63, 3.8) is 0 Å². The zero-order valence-electron chi connectivity index (χ0n) is 5.80. The summed E-state index contributed by atoms with van der Waals surface area (Å²) in [5.74, 6) is 0. The van der Waals surface area contributed by atoms with E-state index in [1.807, 2.05) is 7.05 Å². The van der Waals surface area contributed by atoms with E-state index in [0.29, 0.717) is 0 Å². The molecular formula is C6H14N2O. The second-order valence-electron chi connectivity index (χ2n) is 3.01. The molecule has 3 nitrogen and oxygen atoms in total. The van der Waals surface area contributed by atoms with Crippen molar-refractivity contribution in [2.75, 3.05) is 26.7 Å². The van der Waals surface area contributed by atoms with E-state index in [1.165, 1.54) is 0 Å². The summed E-state index contributed by atoms with van der Waals surface area (Å²) in [6, 6.07) is 0. The highest BCUT2D eigenvalue weighted by molar-refractivity contribution is 4.92. The highest BCUT2D eigenvalue weighted by Gasteiger charge is 2.31. The molecule has 0 aromatic carbocycles.